The van der Waals surface area contributed by atoms with Gasteiger partial charge >= 0.3 is 0 Å². The molecule has 0 spiro atoms. The molecule has 1 N–H and O–H groups in total. The number of nitrogens with zero attached hydrogens (tertiary/aromatic N) is 1. The largest absolute Gasteiger partial charge is 0.309 e. The SMILES string of the molecule is CCNC(CN(C)CC1CCCCC1)c1ccccc1C. The first-order valence-electron chi connectivity index (χ1n) is 8.68. The average Bonchev–Trinajstić information content (AvgIpc) is 2.48. The Morgan fingerprint density at radius 3 is 2.57 bits per heavy atom. The summed E-state index contributed by atoms with van der Waals surface area (Å²) in [6.45, 7) is 7.81. The molecule has 0 amide bonds. The van der Waals surface area contributed by atoms with Gasteiger partial charge in [0, 0.05) is 19.1 Å². The van der Waals surface area contributed by atoms with Crippen LogP contribution in [0.4, 0.5) is 0 Å². The van der Waals surface area contributed by atoms with Crippen molar-refractivity contribution in [2.24, 2.45) is 5.92 Å². The van der Waals surface area contributed by atoms with Crippen molar-refractivity contribution in [3.8, 4) is 0 Å². The van der Waals surface area contributed by atoms with Crippen molar-refractivity contribution in [1.29, 1.82) is 0 Å². The lowest BCUT2D eigenvalue weighted by molar-refractivity contribution is 0.216. The summed E-state index contributed by atoms with van der Waals surface area (Å²) >= 11 is 0. The van der Waals surface area contributed by atoms with Gasteiger partial charge in [-0.2, -0.15) is 0 Å². The number of benzene rings is 1. The second-order valence-electron chi connectivity index (χ2n) is 6.69. The molecule has 0 bridgehead atoms. The molecule has 1 aromatic rings. The van der Waals surface area contributed by atoms with Gasteiger partial charge in [0.05, 0.1) is 0 Å². The van der Waals surface area contributed by atoms with Crippen LogP contribution in [0.3, 0.4) is 0 Å². The number of likely N-dealkylation sites (N-methyl/N-ethyl adjacent to an activating group) is 2. The standard InChI is InChI=1S/C19H32N2/c1-4-20-19(18-13-9-8-10-16(18)2)15-21(3)14-17-11-6-5-7-12-17/h8-10,13,17,19-20H,4-7,11-12,14-15H2,1-3H3. The van der Waals surface area contributed by atoms with Crippen molar-refractivity contribution in [2.45, 2.75) is 52.0 Å². The fourth-order valence-electron chi connectivity index (χ4n) is 3.69. The minimum absolute atomic E-state index is 0.449. The lowest BCUT2D eigenvalue weighted by Gasteiger charge is -2.30. The Bertz CT molecular complexity index is 410. The zero-order chi connectivity index (χ0) is 15.1. The second-order valence-corrected chi connectivity index (χ2v) is 6.69. The van der Waals surface area contributed by atoms with Crippen LogP contribution in [-0.2, 0) is 0 Å². The molecule has 2 nitrogen and oxygen atoms in total. The summed E-state index contributed by atoms with van der Waals surface area (Å²) in [6, 6.07) is 9.24. The van der Waals surface area contributed by atoms with E-state index in [2.05, 4.69) is 55.4 Å². The molecule has 2 heteroatoms. The molecule has 0 radical (unpaired) electrons. The van der Waals surface area contributed by atoms with Crippen LogP contribution in [0.2, 0.25) is 0 Å². The van der Waals surface area contributed by atoms with Crippen molar-refractivity contribution in [1.82, 2.24) is 10.2 Å². The third kappa shape index (κ3) is 5.12. The first-order valence-corrected chi connectivity index (χ1v) is 8.68. The third-order valence-electron chi connectivity index (χ3n) is 4.80. The maximum absolute atomic E-state index is 3.67. The van der Waals surface area contributed by atoms with Crippen LogP contribution in [-0.4, -0.2) is 31.6 Å². The Morgan fingerprint density at radius 2 is 1.90 bits per heavy atom. The minimum atomic E-state index is 0.449. The van der Waals surface area contributed by atoms with Crippen LogP contribution in [0.25, 0.3) is 0 Å². The molecule has 0 saturated heterocycles. The normalized spacial score (nSPS) is 18.1. The number of hydrogen-bond donors (Lipinski definition) is 1. The molecule has 21 heavy (non-hydrogen) atoms. The molecule has 0 heterocycles. The van der Waals surface area contributed by atoms with E-state index in [1.807, 2.05) is 0 Å². The van der Waals surface area contributed by atoms with Crippen LogP contribution in [0.5, 0.6) is 0 Å². The van der Waals surface area contributed by atoms with Gasteiger partial charge in [-0.1, -0.05) is 50.5 Å². The molecule has 1 unspecified atom stereocenters. The summed E-state index contributed by atoms with van der Waals surface area (Å²) < 4.78 is 0. The van der Waals surface area contributed by atoms with Crippen LogP contribution < -0.4 is 5.32 Å². The maximum Gasteiger partial charge on any atom is 0.0451 e. The van der Waals surface area contributed by atoms with Gasteiger partial charge in [-0.15, -0.1) is 0 Å². The van der Waals surface area contributed by atoms with E-state index in [4.69, 9.17) is 0 Å². The minimum Gasteiger partial charge on any atom is -0.309 e. The predicted molar refractivity (Wildman–Crippen MR) is 91.7 cm³/mol. The number of rotatable bonds is 7. The smallest absolute Gasteiger partial charge is 0.0451 e. The van der Waals surface area contributed by atoms with E-state index in [9.17, 15) is 0 Å². The molecule has 118 valence electrons. The predicted octanol–water partition coefficient (Wildman–Crippen LogP) is 4.16. The van der Waals surface area contributed by atoms with Gasteiger partial charge in [-0.25, -0.2) is 0 Å². The van der Waals surface area contributed by atoms with Crippen molar-refractivity contribution >= 4 is 0 Å². The van der Waals surface area contributed by atoms with Crippen molar-refractivity contribution in [2.75, 3.05) is 26.7 Å². The Balaban J connectivity index is 1.94. The van der Waals surface area contributed by atoms with Gasteiger partial charge in [0.15, 0.2) is 0 Å². The summed E-state index contributed by atoms with van der Waals surface area (Å²) in [5.74, 6) is 0.919. The van der Waals surface area contributed by atoms with Gasteiger partial charge < -0.3 is 10.2 Å². The van der Waals surface area contributed by atoms with E-state index in [1.165, 1.54) is 49.8 Å². The summed E-state index contributed by atoms with van der Waals surface area (Å²) in [4.78, 5) is 2.54. The molecule has 1 saturated carbocycles. The van der Waals surface area contributed by atoms with Crippen LogP contribution >= 0.6 is 0 Å². The lowest BCUT2D eigenvalue weighted by atomic mass is 9.89. The molecule has 1 atom stereocenters. The van der Waals surface area contributed by atoms with E-state index in [-0.39, 0.29) is 0 Å². The summed E-state index contributed by atoms with van der Waals surface area (Å²) in [6.07, 6.45) is 7.18. The van der Waals surface area contributed by atoms with E-state index >= 15 is 0 Å². The monoisotopic (exact) mass is 288 g/mol. The quantitative estimate of drug-likeness (QED) is 0.810. The van der Waals surface area contributed by atoms with Gasteiger partial charge in [0.2, 0.25) is 0 Å². The highest BCUT2D eigenvalue weighted by Crippen LogP contribution is 2.25. The van der Waals surface area contributed by atoms with Gasteiger partial charge in [-0.05, 0) is 50.4 Å². The number of nitrogens with one attached hydrogen (secondary N) is 1. The average molecular weight is 288 g/mol. The zero-order valence-electron chi connectivity index (χ0n) is 14.1. The molecule has 1 aliphatic carbocycles. The second kappa shape index (κ2) is 8.55. The van der Waals surface area contributed by atoms with E-state index in [1.54, 1.807) is 0 Å². The first kappa shape index (κ1) is 16.5. The fraction of sp³-hybridized carbons (Fsp3) is 0.684. The molecule has 1 aromatic carbocycles. The topological polar surface area (TPSA) is 15.3 Å². The molecule has 1 aliphatic rings. The molecule has 0 aliphatic heterocycles. The van der Waals surface area contributed by atoms with E-state index in [0.717, 1.165) is 19.0 Å². The Kier molecular flexibility index (Phi) is 6.72. The van der Waals surface area contributed by atoms with Crippen molar-refractivity contribution in [3.63, 3.8) is 0 Å². The molecular weight excluding hydrogens is 256 g/mol. The number of aryl methyl sites for hydroxylation is 1. The lowest BCUT2D eigenvalue weighted by Crippen LogP contribution is -2.36. The van der Waals surface area contributed by atoms with Crippen LogP contribution in [0, 0.1) is 12.8 Å². The first-order chi connectivity index (χ1) is 10.2. The Morgan fingerprint density at radius 1 is 1.19 bits per heavy atom. The summed E-state index contributed by atoms with van der Waals surface area (Å²) in [5.41, 5.74) is 2.85. The molecule has 1 fully saturated rings. The molecular formula is C19H32N2. The fourth-order valence-corrected chi connectivity index (χ4v) is 3.69. The van der Waals surface area contributed by atoms with Crippen molar-refractivity contribution in [3.05, 3.63) is 35.4 Å². The highest BCUT2D eigenvalue weighted by Gasteiger charge is 2.19. The Labute approximate surface area is 130 Å². The van der Waals surface area contributed by atoms with E-state index < -0.39 is 0 Å². The molecule has 2 rings (SSSR count). The van der Waals surface area contributed by atoms with Crippen LogP contribution in [0.15, 0.2) is 24.3 Å². The van der Waals surface area contributed by atoms with Gasteiger partial charge in [0.25, 0.3) is 0 Å². The third-order valence-corrected chi connectivity index (χ3v) is 4.80. The highest BCUT2D eigenvalue weighted by molar-refractivity contribution is 5.29. The number of hydrogen-bond acceptors (Lipinski definition) is 2. The van der Waals surface area contributed by atoms with Gasteiger partial charge in [-0.3, -0.25) is 0 Å². The summed E-state index contributed by atoms with van der Waals surface area (Å²) in [5, 5.41) is 3.67. The Hall–Kier alpha value is -0.860. The van der Waals surface area contributed by atoms with Crippen molar-refractivity contribution < 1.29 is 0 Å². The van der Waals surface area contributed by atoms with Gasteiger partial charge in [0.1, 0.15) is 0 Å². The maximum atomic E-state index is 3.67. The zero-order valence-corrected chi connectivity index (χ0v) is 14.1. The molecule has 0 aromatic heterocycles. The highest BCUT2D eigenvalue weighted by atomic mass is 15.1. The van der Waals surface area contributed by atoms with E-state index in [0.29, 0.717) is 6.04 Å². The van der Waals surface area contributed by atoms with Crippen LogP contribution in [0.1, 0.15) is 56.2 Å². The summed E-state index contributed by atoms with van der Waals surface area (Å²) in [7, 11) is 2.29.